The van der Waals surface area contributed by atoms with Crippen molar-refractivity contribution in [3.05, 3.63) is 47.8 Å². The van der Waals surface area contributed by atoms with Gasteiger partial charge in [-0.15, -0.1) is 0 Å². The Labute approximate surface area is 189 Å². The minimum atomic E-state index is -3.05. The van der Waals surface area contributed by atoms with Gasteiger partial charge in [0.1, 0.15) is 23.3 Å². The molecule has 1 aromatic carbocycles. The Bertz CT molecular complexity index is 1030. The fourth-order valence-electron chi connectivity index (χ4n) is 3.78. The van der Waals surface area contributed by atoms with Gasteiger partial charge in [-0.25, -0.2) is 18.6 Å². The number of hydrogen-bond acceptors (Lipinski definition) is 7. The molecule has 3 rings (SSSR count). The molecule has 1 aromatic heterocycles. The minimum absolute atomic E-state index is 0.0345. The Morgan fingerprint density at radius 2 is 1.85 bits per heavy atom. The first-order valence-electron chi connectivity index (χ1n) is 10.4. The lowest BCUT2D eigenvalue weighted by Crippen LogP contribution is -2.43. The number of esters is 1. The van der Waals surface area contributed by atoms with Crippen molar-refractivity contribution >= 4 is 11.9 Å². The number of nitrogens with one attached hydrogen (secondary N) is 1. The fraction of sp³-hybridized carbons (Fsp3) is 0.435. The summed E-state index contributed by atoms with van der Waals surface area (Å²) in [5.74, 6) is -4.70. The van der Waals surface area contributed by atoms with Gasteiger partial charge in [-0.1, -0.05) is 12.1 Å². The third-order valence-electron chi connectivity index (χ3n) is 5.72. The molecule has 0 spiro atoms. The molecule has 3 unspecified atom stereocenters. The number of carbonyl (C=O) groups is 2. The van der Waals surface area contributed by atoms with Crippen LogP contribution in [0.2, 0.25) is 0 Å². The highest BCUT2D eigenvalue weighted by atomic mass is 19.3. The highest BCUT2D eigenvalue weighted by molar-refractivity contribution is 5.97. The van der Waals surface area contributed by atoms with E-state index in [0.717, 1.165) is 0 Å². The summed E-state index contributed by atoms with van der Waals surface area (Å²) in [6.07, 6.45) is -0.375. The summed E-state index contributed by atoms with van der Waals surface area (Å²) >= 11 is 0. The van der Waals surface area contributed by atoms with Crippen molar-refractivity contribution in [2.75, 3.05) is 13.7 Å². The van der Waals surface area contributed by atoms with Crippen LogP contribution in [0, 0.1) is 0 Å². The SMILES string of the molecule is CCOc1ccc(C2(C(C)OC(=O)C(C)NC(=O)c3nccc(OC)c3O)CC2(F)F)cc1. The van der Waals surface area contributed by atoms with Crippen LogP contribution in [0.3, 0.4) is 0 Å². The Balaban J connectivity index is 1.70. The molecular formula is C23H26F2N2O6. The Hall–Kier alpha value is -3.43. The van der Waals surface area contributed by atoms with Crippen molar-refractivity contribution in [2.45, 2.75) is 50.7 Å². The summed E-state index contributed by atoms with van der Waals surface area (Å²) in [5.41, 5.74) is -1.68. The van der Waals surface area contributed by atoms with E-state index >= 15 is 0 Å². The van der Waals surface area contributed by atoms with Crippen LogP contribution in [0.15, 0.2) is 36.5 Å². The van der Waals surface area contributed by atoms with E-state index in [2.05, 4.69) is 10.3 Å². The average Bonchev–Trinajstić information content (AvgIpc) is 3.37. The molecule has 1 aliphatic carbocycles. The molecule has 8 nitrogen and oxygen atoms in total. The molecule has 1 amide bonds. The van der Waals surface area contributed by atoms with Crippen molar-refractivity contribution in [1.29, 1.82) is 0 Å². The largest absolute Gasteiger partial charge is 0.503 e. The molecule has 0 aliphatic heterocycles. The van der Waals surface area contributed by atoms with E-state index in [9.17, 15) is 23.5 Å². The number of ether oxygens (including phenoxy) is 3. The van der Waals surface area contributed by atoms with Gasteiger partial charge in [0.2, 0.25) is 0 Å². The molecule has 178 valence electrons. The van der Waals surface area contributed by atoms with E-state index in [0.29, 0.717) is 17.9 Å². The molecule has 1 fully saturated rings. The number of methoxy groups -OCH3 is 1. The maximum absolute atomic E-state index is 14.5. The molecule has 0 saturated heterocycles. The monoisotopic (exact) mass is 464 g/mol. The van der Waals surface area contributed by atoms with Crippen LogP contribution in [0.5, 0.6) is 17.2 Å². The third-order valence-corrected chi connectivity index (χ3v) is 5.72. The maximum Gasteiger partial charge on any atom is 0.328 e. The van der Waals surface area contributed by atoms with E-state index in [4.69, 9.17) is 14.2 Å². The number of alkyl halides is 2. The van der Waals surface area contributed by atoms with Crippen LogP contribution in [0.4, 0.5) is 8.78 Å². The highest BCUT2D eigenvalue weighted by Crippen LogP contribution is 2.64. The van der Waals surface area contributed by atoms with E-state index in [1.165, 1.54) is 33.2 Å². The van der Waals surface area contributed by atoms with E-state index in [-0.39, 0.29) is 11.4 Å². The molecule has 33 heavy (non-hydrogen) atoms. The summed E-state index contributed by atoms with van der Waals surface area (Å²) in [6, 6.07) is 6.45. The van der Waals surface area contributed by atoms with E-state index < -0.39 is 47.5 Å². The highest BCUT2D eigenvalue weighted by Gasteiger charge is 2.75. The molecule has 2 N–H and O–H groups in total. The molecule has 1 aliphatic rings. The van der Waals surface area contributed by atoms with Gasteiger partial charge in [0.15, 0.2) is 17.2 Å². The number of carbonyl (C=O) groups excluding carboxylic acids is 2. The maximum atomic E-state index is 14.5. The fourth-order valence-corrected chi connectivity index (χ4v) is 3.78. The lowest BCUT2D eigenvalue weighted by molar-refractivity contribution is -0.153. The van der Waals surface area contributed by atoms with Gasteiger partial charge in [-0.05, 0) is 38.5 Å². The van der Waals surface area contributed by atoms with Crippen LogP contribution >= 0.6 is 0 Å². The molecule has 0 radical (unpaired) electrons. The molecule has 1 saturated carbocycles. The van der Waals surface area contributed by atoms with Gasteiger partial charge in [-0.2, -0.15) is 0 Å². The standard InChI is InChI=1S/C23H26F2N2O6/c1-5-32-16-8-6-15(7-9-16)22(12-23(22,24)25)14(3)33-21(30)13(2)27-20(29)18-19(28)17(31-4)10-11-26-18/h6-11,13-14,28H,5,12H2,1-4H3,(H,27,29). The normalized spacial score (nSPS) is 20.3. The Morgan fingerprint density at radius 3 is 2.39 bits per heavy atom. The predicted octanol–water partition coefficient (Wildman–Crippen LogP) is 3.22. The second-order valence-electron chi connectivity index (χ2n) is 7.79. The lowest BCUT2D eigenvalue weighted by atomic mass is 9.89. The van der Waals surface area contributed by atoms with Crippen LogP contribution < -0.4 is 14.8 Å². The first-order valence-corrected chi connectivity index (χ1v) is 10.4. The topological polar surface area (TPSA) is 107 Å². The lowest BCUT2D eigenvalue weighted by Gasteiger charge is -2.26. The van der Waals surface area contributed by atoms with E-state index in [1.807, 2.05) is 6.92 Å². The number of hydrogen-bond donors (Lipinski definition) is 2. The summed E-state index contributed by atoms with van der Waals surface area (Å²) < 4.78 is 44.6. The zero-order valence-electron chi connectivity index (χ0n) is 18.7. The van der Waals surface area contributed by atoms with Gasteiger partial charge in [0.05, 0.1) is 13.7 Å². The smallest absolute Gasteiger partial charge is 0.328 e. The second-order valence-corrected chi connectivity index (χ2v) is 7.79. The van der Waals surface area contributed by atoms with Crippen molar-refractivity contribution in [1.82, 2.24) is 10.3 Å². The van der Waals surface area contributed by atoms with Crippen LogP contribution in [0.1, 0.15) is 43.2 Å². The number of pyridine rings is 1. The zero-order chi connectivity index (χ0) is 24.4. The van der Waals surface area contributed by atoms with Crippen LogP contribution in [-0.4, -0.2) is 53.8 Å². The third kappa shape index (κ3) is 4.55. The van der Waals surface area contributed by atoms with Gasteiger partial charge in [-0.3, -0.25) is 4.79 Å². The first-order chi connectivity index (χ1) is 15.6. The van der Waals surface area contributed by atoms with Gasteiger partial charge >= 0.3 is 5.97 Å². The molecule has 0 bridgehead atoms. The van der Waals surface area contributed by atoms with Gasteiger partial charge in [0.25, 0.3) is 11.8 Å². The number of amides is 1. The van der Waals surface area contributed by atoms with Crippen LogP contribution in [0.25, 0.3) is 0 Å². The van der Waals surface area contributed by atoms with E-state index in [1.54, 1.807) is 24.3 Å². The number of aromatic hydroxyl groups is 1. The van der Waals surface area contributed by atoms with Gasteiger partial charge < -0.3 is 24.6 Å². The predicted molar refractivity (Wildman–Crippen MR) is 114 cm³/mol. The number of benzene rings is 1. The molecule has 3 atom stereocenters. The average molecular weight is 464 g/mol. The second kappa shape index (κ2) is 9.21. The van der Waals surface area contributed by atoms with Gasteiger partial charge in [0, 0.05) is 18.7 Å². The molecular weight excluding hydrogens is 438 g/mol. The number of aromatic nitrogens is 1. The summed E-state index contributed by atoms with van der Waals surface area (Å²) in [6.45, 7) is 5.01. The summed E-state index contributed by atoms with van der Waals surface area (Å²) in [7, 11) is 1.31. The van der Waals surface area contributed by atoms with Crippen molar-refractivity contribution in [2.24, 2.45) is 0 Å². The Kier molecular flexibility index (Phi) is 6.76. The molecule has 2 aromatic rings. The molecule has 1 heterocycles. The quantitative estimate of drug-likeness (QED) is 0.549. The number of nitrogens with zero attached hydrogens (tertiary/aromatic N) is 1. The number of halogens is 2. The minimum Gasteiger partial charge on any atom is -0.503 e. The zero-order valence-corrected chi connectivity index (χ0v) is 18.7. The van der Waals surface area contributed by atoms with Crippen molar-refractivity contribution in [3.63, 3.8) is 0 Å². The van der Waals surface area contributed by atoms with Crippen molar-refractivity contribution < 1.29 is 37.7 Å². The molecule has 10 heteroatoms. The van der Waals surface area contributed by atoms with Crippen molar-refractivity contribution in [3.8, 4) is 17.2 Å². The number of rotatable bonds is 9. The first kappa shape index (κ1) is 24.2. The Morgan fingerprint density at radius 1 is 1.21 bits per heavy atom. The van der Waals surface area contributed by atoms with Crippen LogP contribution in [-0.2, 0) is 14.9 Å². The summed E-state index contributed by atoms with van der Waals surface area (Å²) in [4.78, 5) is 28.8. The summed E-state index contributed by atoms with van der Waals surface area (Å²) in [5, 5.41) is 12.4.